The van der Waals surface area contributed by atoms with Crippen molar-refractivity contribution in [3.63, 3.8) is 0 Å². The molecule has 0 bridgehead atoms. The van der Waals surface area contributed by atoms with Crippen molar-refractivity contribution >= 4 is 24.8 Å². The van der Waals surface area contributed by atoms with Crippen LogP contribution in [0.4, 0.5) is 0 Å². The highest BCUT2D eigenvalue weighted by Crippen LogP contribution is 2.12. The molecule has 1 aromatic heterocycles. The summed E-state index contributed by atoms with van der Waals surface area (Å²) in [5.41, 5.74) is 7.06. The van der Waals surface area contributed by atoms with Crippen LogP contribution in [0.25, 0.3) is 0 Å². The van der Waals surface area contributed by atoms with E-state index in [0.717, 1.165) is 11.3 Å². The number of hydrogen-bond acceptors (Lipinski definition) is 5. The van der Waals surface area contributed by atoms with E-state index in [0.29, 0.717) is 19.6 Å². The predicted molar refractivity (Wildman–Crippen MR) is 95.4 cm³/mol. The number of aromatic nitrogens is 2. The van der Waals surface area contributed by atoms with Crippen LogP contribution in [0.3, 0.4) is 0 Å². The van der Waals surface area contributed by atoms with Gasteiger partial charge in [-0.15, -0.1) is 24.8 Å². The van der Waals surface area contributed by atoms with Gasteiger partial charge >= 0.3 is 0 Å². The first-order chi connectivity index (χ1) is 10.2. The van der Waals surface area contributed by atoms with E-state index in [1.807, 2.05) is 36.5 Å². The average molecular weight is 363 g/mol. The zero-order valence-corrected chi connectivity index (χ0v) is 14.6. The topological polar surface area (TPSA) is 85.3 Å². The molecule has 4 N–H and O–H groups in total. The van der Waals surface area contributed by atoms with Gasteiger partial charge in [-0.1, -0.05) is 12.1 Å². The molecule has 0 saturated heterocycles. The van der Waals surface area contributed by atoms with Gasteiger partial charge in [-0.3, -0.25) is 4.68 Å². The summed E-state index contributed by atoms with van der Waals surface area (Å²) >= 11 is 0. The molecule has 0 fully saturated rings. The molecule has 0 aliphatic carbocycles. The number of aliphatic hydroxyl groups is 1. The largest absolute Gasteiger partial charge is 0.497 e. The molecule has 130 valence electrons. The Balaban J connectivity index is 0.00000242. The fraction of sp³-hybridized carbons (Fsp3) is 0.400. The quantitative estimate of drug-likeness (QED) is 0.657. The van der Waals surface area contributed by atoms with Crippen LogP contribution >= 0.6 is 24.8 Å². The smallest absolute Gasteiger partial charge is 0.119 e. The molecular formula is C15H24Cl2N4O2. The molecule has 1 aromatic carbocycles. The minimum absolute atomic E-state index is 0. The van der Waals surface area contributed by atoms with Crippen LogP contribution in [0, 0.1) is 0 Å². The number of nitrogens with two attached hydrogens (primary N) is 1. The van der Waals surface area contributed by atoms with Gasteiger partial charge in [-0.2, -0.15) is 5.10 Å². The SMILES string of the molecule is COc1cccc(CNC[C@@H](O)[C@@H](N)Cn2cccn2)c1.Cl.Cl. The first-order valence-electron chi connectivity index (χ1n) is 6.94. The number of nitrogens with one attached hydrogen (secondary N) is 1. The molecule has 2 rings (SSSR count). The molecule has 0 spiro atoms. The van der Waals surface area contributed by atoms with Crippen LogP contribution in [-0.4, -0.2) is 40.7 Å². The highest BCUT2D eigenvalue weighted by Gasteiger charge is 2.15. The molecular weight excluding hydrogens is 339 g/mol. The molecule has 0 saturated carbocycles. The average Bonchev–Trinajstić information content (AvgIpc) is 3.00. The second kappa shape index (κ2) is 11.3. The number of rotatable bonds is 8. The van der Waals surface area contributed by atoms with E-state index >= 15 is 0 Å². The van der Waals surface area contributed by atoms with Crippen LogP contribution < -0.4 is 15.8 Å². The summed E-state index contributed by atoms with van der Waals surface area (Å²) in [4.78, 5) is 0. The number of ether oxygens (including phenoxy) is 1. The minimum atomic E-state index is -0.625. The molecule has 0 amide bonds. The van der Waals surface area contributed by atoms with Gasteiger partial charge in [-0.25, -0.2) is 0 Å². The fourth-order valence-corrected chi connectivity index (χ4v) is 2.04. The Hall–Kier alpha value is -1.31. The zero-order valence-electron chi connectivity index (χ0n) is 13.0. The van der Waals surface area contributed by atoms with Crippen LogP contribution in [0.5, 0.6) is 5.75 Å². The first kappa shape index (κ1) is 21.7. The Morgan fingerprint density at radius 1 is 1.35 bits per heavy atom. The van der Waals surface area contributed by atoms with Crippen molar-refractivity contribution in [3.05, 3.63) is 48.3 Å². The summed E-state index contributed by atoms with van der Waals surface area (Å²) in [5, 5.41) is 17.3. The van der Waals surface area contributed by atoms with Gasteiger partial charge in [-0.05, 0) is 23.8 Å². The lowest BCUT2D eigenvalue weighted by Crippen LogP contribution is -2.44. The Kier molecular flexibility index (Phi) is 10.6. The van der Waals surface area contributed by atoms with Gasteiger partial charge < -0.3 is 20.9 Å². The number of nitrogens with zero attached hydrogens (tertiary/aromatic N) is 2. The lowest BCUT2D eigenvalue weighted by Gasteiger charge is -2.19. The fourth-order valence-electron chi connectivity index (χ4n) is 2.04. The summed E-state index contributed by atoms with van der Waals surface area (Å²) in [7, 11) is 1.64. The molecule has 2 aromatic rings. The van der Waals surface area contributed by atoms with E-state index < -0.39 is 6.10 Å². The zero-order chi connectivity index (χ0) is 15.1. The molecule has 2 atom stereocenters. The standard InChI is InChI=1S/C15H22N4O2.2ClH/c1-21-13-5-2-4-12(8-13)9-17-10-15(20)14(16)11-19-7-3-6-18-19;;/h2-8,14-15,17,20H,9-11,16H2,1H3;2*1H/t14-,15+;;/m0../s1. The molecule has 23 heavy (non-hydrogen) atoms. The molecule has 1 heterocycles. The maximum Gasteiger partial charge on any atom is 0.119 e. The summed E-state index contributed by atoms with van der Waals surface area (Å²) in [6.45, 7) is 1.58. The van der Waals surface area contributed by atoms with Crippen molar-refractivity contribution in [2.75, 3.05) is 13.7 Å². The lowest BCUT2D eigenvalue weighted by molar-refractivity contribution is 0.132. The van der Waals surface area contributed by atoms with E-state index in [-0.39, 0.29) is 30.9 Å². The van der Waals surface area contributed by atoms with Gasteiger partial charge in [0, 0.05) is 25.5 Å². The minimum Gasteiger partial charge on any atom is -0.497 e. The number of hydrogen-bond donors (Lipinski definition) is 3. The van der Waals surface area contributed by atoms with Crippen molar-refractivity contribution in [1.29, 1.82) is 0 Å². The summed E-state index contributed by atoms with van der Waals surface area (Å²) < 4.78 is 6.89. The van der Waals surface area contributed by atoms with Gasteiger partial charge in [0.1, 0.15) is 5.75 Å². The van der Waals surface area contributed by atoms with Crippen molar-refractivity contribution in [2.45, 2.75) is 25.2 Å². The number of aliphatic hydroxyl groups excluding tert-OH is 1. The Labute approximate surface area is 148 Å². The Morgan fingerprint density at radius 3 is 2.78 bits per heavy atom. The molecule has 8 heteroatoms. The third-order valence-corrected chi connectivity index (χ3v) is 3.27. The van der Waals surface area contributed by atoms with Crippen molar-refractivity contribution in [2.24, 2.45) is 5.73 Å². The molecule has 0 radical (unpaired) electrons. The third-order valence-electron chi connectivity index (χ3n) is 3.27. The monoisotopic (exact) mass is 362 g/mol. The highest BCUT2D eigenvalue weighted by molar-refractivity contribution is 5.85. The molecule has 6 nitrogen and oxygen atoms in total. The molecule has 0 aliphatic heterocycles. The lowest BCUT2D eigenvalue weighted by atomic mass is 10.1. The molecule has 0 unspecified atom stereocenters. The van der Waals surface area contributed by atoms with Crippen molar-refractivity contribution in [1.82, 2.24) is 15.1 Å². The number of halogens is 2. The van der Waals surface area contributed by atoms with E-state index in [2.05, 4.69) is 10.4 Å². The predicted octanol–water partition coefficient (Wildman–Crippen LogP) is 1.21. The number of benzene rings is 1. The number of methoxy groups -OCH3 is 1. The van der Waals surface area contributed by atoms with Crippen molar-refractivity contribution in [3.8, 4) is 5.75 Å². The first-order valence-corrected chi connectivity index (χ1v) is 6.94. The van der Waals surface area contributed by atoms with Crippen LogP contribution in [0.1, 0.15) is 5.56 Å². The van der Waals surface area contributed by atoms with Gasteiger partial charge in [0.2, 0.25) is 0 Å². The van der Waals surface area contributed by atoms with E-state index in [1.54, 1.807) is 18.0 Å². The van der Waals surface area contributed by atoms with Crippen LogP contribution in [0.15, 0.2) is 42.7 Å². The van der Waals surface area contributed by atoms with E-state index in [1.165, 1.54) is 0 Å². The van der Waals surface area contributed by atoms with Crippen molar-refractivity contribution < 1.29 is 9.84 Å². The second-order valence-electron chi connectivity index (χ2n) is 4.94. The van der Waals surface area contributed by atoms with E-state index in [4.69, 9.17) is 10.5 Å². The van der Waals surface area contributed by atoms with Gasteiger partial charge in [0.25, 0.3) is 0 Å². The summed E-state index contributed by atoms with van der Waals surface area (Å²) in [5.74, 6) is 0.824. The Bertz CT molecular complexity index is 540. The van der Waals surface area contributed by atoms with Crippen LogP contribution in [-0.2, 0) is 13.1 Å². The van der Waals surface area contributed by atoms with E-state index in [9.17, 15) is 5.11 Å². The normalized spacial score (nSPS) is 12.7. The van der Waals surface area contributed by atoms with Crippen LogP contribution in [0.2, 0.25) is 0 Å². The van der Waals surface area contributed by atoms with Gasteiger partial charge in [0.05, 0.1) is 25.8 Å². The molecule has 0 aliphatic rings. The van der Waals surface area contributed by atoms with Gasteiger partial charge in [0.15, 0.2) is 0 Å². The summed E-state index contributed by atoms with van der Waals surface area (Å²) in [6, 6.07) is 9.28. The highest BCUT2D eigenvalue weighted by atomic mass is 35.5. The second-order valence-corrected chi connectivity index (χ2v) is 4.94. The Morgan fingerprint density at radius 2 is 2.13 bits per heavy atom. The third kappa shape index (κ3) is 7.20. The maximum absolute atomic E-state index is 10.0. The summed E-state index contributed by atoms with van der Waals surface area (Å²) in [6.07, 6.45) is 2.90. The maximum atomic E-state index is 10.0.